The Labute approximate surface area is 184 Å². The molecule has 2 aromatic rings. The molecule has 4 nitrogen and oxygen atoms in total. The van der Waals surface area contributed by atoms with Gasteiger partial charge in [0.25, 0.3) is 0 Å². The second kappa shape index (κ2) is 12.5. The summed E-state index contributed by atoms with van der Waals surface area (Å²) in [6.45, 7) is 6.52. The van der Waals surface area contributed by atoms with Gasteiger partial charge in [0.1, 0.15) is 11.6 Å². The predicted molar refractivity (Wildman–Crippen MR) is 120 cm³/mol. The van der Waals surface area contributed by atoms with Gasteiger partial charge in [-0.3, -0.25) is 4.79 Å². The van der Waals surface area contributed by atoms with Crippen molar-refractivity contribution in [3.8, 4) is 0 Å². The fourth-order valence-corrected chi connectivity index (χ4v) is 3.84. The van der Waals surface area contributed by atoms with E-state index in [1.165, 1.54) is 30.2 Å². The third-order valence-corrected chi connectivity index (χ3v) is 5.22. The van der Waals surface area contributed by atoms with Crippen molar-refractivity contribution in [2.45, 2.75) is 71.6 Å². The van der Waals surface area contributed by atoms with Crippen molar-refractivity contribution in [3.05, 3.63) is 70.3 Å². The molecule has 0 aliphatic heterocycles. The molecule has 0 aliphatic rings. The fraction of sp³-hybridized carbons (Fsp3) is 0.480. The van der Waals surface area contributed by atoms with E-state index in [0.717, 1.165) is 37.3 Å². The number of hydrogen-bond acceptors (Lipinski definition) is 3. The zero-order valence-electron chi connectivity index (χ0n) is 18.7. The van der Waals surface area contributed by atoms with Crippen molar-refractivity contribution in [3.63, 3.8) is 0 Å². The smallest absolute Gasteiger partial charge is 0.217 e. The molecule has 0 aliphatic carbocycles. The van der Waals surface area contributed by atoms with Crippen LogP contribution in [0.25, 0.3) is 0 Å². The number of aryl methyl sites for hydroxylation is 2. The lowest BCUT2D eigenvalue weighted by molar-refractivity contribution is -0.120. The zero-order valence-corrected chi connectivity index (χ0v) is 18.7. The molecule has 1 amide bonds. The Morgan fingerprint density at radius 2 is 1.61 bits per heavy atom. The summed E-state index contributed by atoms with van der Waals surface area (Å²) >= 11 is 0. The largest absolute Gasteiger partial charge is 0.390 e. The summed E-state index contributed by atoms with van der Waals surface area (Å²) in [4.78, 5) is 11.6. The van der Waals surface area contributed by atoms with Crippen LogP contribution < -0.4 is 10.6 Å². The first-order valence-electron chi connectivity index (χ1n) is 11.0. The van der Waals surface area contributed by atoms with Crippen LogP contribution in [0.5, 0.6) is 0 Å². The molecule has 0 saturated heterocycles. The molecular formula is C25H34F2N2O2. The van der Waals surface area contributed by atoms with Gasteiger partial charge < -0.3 is 15.7 Å². The van der Waals surface area contributed by atoms with Crippen molar-refractivity contribution >= 4 is 5.91 Å². The molecule has 2 aromatic carbocycles. The van der Waals surface area contributed by atoms with Crippen LogP contribution in [-0.4, -0.2) is 29.7 Å². The minimum absolute atomic E-state index is 0.128. The number of rotatable bonds is 12. The molecule has 6 heteroatoms. The number of nitrogens with one attached hydrogen (secondary N) is 2. The van der Waals surface area contributed by atoms with Crippen LogP contribution >= 0.6 is 0 Å². The topological polar surface area (TPSA) is 61.4 Å². The van der Waals surface area contributed by atoms with Gasteiger partial charge in [0, 0.05) is 26.1 Å². The summed E-state index contributed by atoms with van der Waals surface area (Å²) in [5.41, 5.74) is 4.28. The number of hydrogen-bond donors (Lipinski definition) is 3. The quantitative estimate of drug-likeness (QED) is 0.474. The van der Waals surface area contributed by atoms with E-state index in [2.05, 4.69) is 42.7 Å². The molecule has 0 fully saturated rings. The maximum atomic E-state index is 13.5. The Hall–Kier alpha value is -2.31. The molecule has 2 atom stereocenters. The van der Waals surface area contributed by atoms with E-state index in [4.69, 9.17) is 0 Å². The summed E-state index contributed by atoms with van der Waals surface area (Å²) in [6, 6.07) is 9.07. The molecular weight excluding hydrogens is 398 g/mol. The van der Waals surface area contributed by atoms with Crippen LogP contribution in [0.15, 0.2) is 36.4 Å². The summed E-state index contributed by atoms with van der Waals surface area (Å²) in [5.74, 6) is -1.67. The van der Waals surface area contributed by atoms with E-state index in [0.29, 0.717) is 12.1 Å². The van der Waals surface area contributed by atoms with E-state index in [1.807, 2.05) is 0 Å². The zero-order chi connectivity index (χ0) is 22.8. The molecule has 31 heavy (non-hydrogen) atoms. The lowest BCUT2D eigenvalue weighted by atomic mass is 9.97. The number of carbonyl (C=O) groups is 1. The Morgan fingerprint density at radius 3 is 2.23 bits per heavy atom. The standard InChI is InChI=1S/C25H34F2N2O2/c1-4-6-20-9-8-18(10-21(20)7-5-2)15-28-16-25(31)24(29-17(3)30)13-19-11-22(26)14-23(27)12-19/h8-12,14,24-25,28,31H,4-7,13,15-16H2,1-3H3,(H,29,30). The van der Waals surface area contributed by atoms with Crippen LogP contribution in [0.1, 0.15) is 55.9 Å². The summed E-state index contributed by atoms with van der Waals surface area (Å²) in [5, 5.41) is 16.5. The van der Waals surface area contributed by atoms with Gasteiger partial charge in [-0.1, -0.05) is 44.9 Å². The average molecular weight is 433 g/mol. The van der Waals surface area contributed by atoms with Gasteiger partial charge in [-0.25, -0.2) is 8.78 Å². The van der Waals surface area contributed by atoms with Gasteiger partial charge in [-0.05, 0) is 53.6 Å². The molecule has 0 saturated carbocycles. The monoisotopic (exact) mass is 432 g/mol. The molecule has 0 bridgehead atoms. The molecule has 0 aromatic heterocycles. The number of benzene rings is 2. The highest BCUT2D eigenvalue weighted by molar-refractivity contribution is 5.73. The van der Waals surface area contributed by atoms with Crippen LogP contribution in [0, 0.1) is 11.6 Å². The highest BCUT2D eigenvalue weighted by atomic mass is 19.1. The minimum Gasteiger partial charge on any atom is -0.390 e. The highest BCUT2D eigenvalue weighted by Crippen LogP contribution is 2.17. The van der Waals surface area contributed by atoms with E-state index in [1.54, 1.807) is 0 Å². The molecule has 170 valence electrons. The Kier molecular flexibility index (Phi) is 10.1. The Morgan fingerprint density at radius 1 is 0.968 bits per heavy atom. The maximum absolute atomic E-state index is 13.5. The van der Waals surface area contributed by atoms with E-state index in [9.17, 15) is 18.7 Å². The van der Waals surface area contributed by atoms with Crippen molar-refractivity contribution in [2.24, 2.45) is 0 Å². The van der Waals surface area contributed by atoms with Crippen LogP contribution in [-0.2, 0) is 30.6 Å². The second-order valence-electron chi connectivity index (χ2n) is 8.09. The van der Waals surface area contributed by atoms with E-state index >= 15 is 0 Å². The first-order chi connectivity index (χ1) is 14.8. The molecule has 2 unspecified atom stereocenters. The lowest BCUT2D eigenvalue weighted by Gasteiger charge is -2.24. The van der Waals surface area contributed by atoms with Crippen molar-refractivity contribution < 1.29 is 18.7 Å². The van der Waals surface area contributed by atoms with Crippen molar-refractivity contribution in [2.75, 3.05) is 6.54 Å². The van der Waals surface area contributed by atoms with Gasteiger partial charge in [-0.15, -0.1) is 0 Å². The lowest BCUT2D eigenvalue weighted by Crippen LogP contribution is -2.48. The van der Waals surface area contributed by atoms with Gasteiger partial charge in [0.2, 0.25) is 5.91 Å². The molecule has 2 rings (SSSR count). The first kappa shape index (κ1) is 25.0. The number of aliphatic hydroxyl groups is 1. The summed E-state index contributed by atoms with van der Waals surface area (Å²) < 4.78 is 27.0. The number of halogens is 2. The third-order valence-electron chi connectivity index (χ3n) is 5.22. The second-order valence-corrected chi connectivity index (χ2v) is 8.09. The fourth-order valence-electron chi connectivity index (χ4n) is 3.84. The van der Waals surface area contributed by atoms with Gasteiger partial charge in [-0.2, -0.15) is 0 Å². The van der Waals surface area contributed by atoms with Crippen LogP contribution in [0.2, 0.25) is 0 Å². The molecule has 0 radical (unpaired) electrons. The van der Waals surface area contributed by atoms with Gasteiger partial charge in [0.05, 0.1) is 12.1 Å². The number of amides is 1. The average Bonchev–Trinajstić information content (AvgIpc) is 2.68. The third kappa shape index (κ3) is 8.38. The molecule has 3 N–H and O–H groups in total. The first-order valence-corrected chi connectivity index (χ1v) is 11.0. The number of carbonyl (C=O) groups excluding carboxylic acids is 1. The van der Waals surface area contributed by atoms with Gasteiger partial charge >= 0.3 is 0 Å². The maximum Gasteiger partial charge on any atom is 0.217 e. The highest BCUT2D eigenvalue weighted by Gasteiger charge is 2.21. The summed E-state index contributed by atoms with van der Waals surface area (Å²) in [7, 11) is 0. The summed E-state index contributed by atoms with van der Waals surface area (Å²) in [6.07, 6.45) is 3.53. The minimum atomic E-state index is -0.912. The Balaban J connectivity index is 1.99. The predicted octanol–water partition coefficient (Wildman–Crippen LogP) is 4.07. The van der Waals surface area contributed by atoms with E-state index < -0.39 is 23.8 Å². The van der Waals surface area contributed by atoms with Crippen molar-refractivity contribution in [1.82, 2.24) is 10.6 Å². The SMILES string of the molecule is CCCc1ccc(CNCC(O)C(Cc2cc(F)cc(F)c2)NC(C)=O)cc1CCC. The van der Waals surface area contributed by atoms with Crippen LogP contribution in [0.4, 0.5) is 8.78 Å². The van der Waals surface area contributed by atoms with Crippen molar-refractivity contribution in [1.29, 1.82) is 0 Å². The molecule has 0 spiro atoms. The number of aliphatic hydroxyl groups excluding tert-OH is 1. The molecule has 0 heterocycles. The van der Waals surface area contributed by atoms with Gasteiger partial charge in [0.15, 0.2) is 0 Å². The van der Waals surface area contributed by atoms with Crippen LogP contribution in [0.3, 0.4) is 0 Å². The Bertz CT molecular complexity index is 837. The van der Waals surface area contributed by atoms with E-state index in [-0.39, 0.29) is 18.9 Å². The normalized spacial score (nSPS) is 13.1.